The van der Waals surface area contributed by atoms with Gasteiger partial charge in [-0.05, 0) is 48.4 Å². The van der Waals surface area contributed by atoms with Crippen LogP contribution in [0.25, 0.3) is 16.7 Å². The normalized spacial score (nSPS) is 11.2. The summed E-state index contributed by atoms with van der Waals surface area (Å²) >= 11 is 5.87. The molecular weight excluding hydrogens is 376 g/mol. The Morgan fingerprint density at radius 1 is 1.07 bits per heavy atom. The lowest BCUT2D eigenvalue weighted by Gasteiger charge is -2.11. The molecule has 0 aliphatic carbocycles. The summed E-state index contributed by atoms with van der Waals surface area (Å²) in [4.78, 5) is 29.4. The van der Waals surface area contributed by atoms with Crippen molar-refractivity contribution < 1.29 is 4.79 Å². The van der Waals surface area contributed by atoms with Crippen LogP contribution in [-0.4, -0.2) is 26.4 Å². The number of carbonyl (C=O) groups excluding carboxylic acids is 1. The smallest absolute Gasteiger partial charge is 0.276 e. The van der Waals surface area contributed by atoms with Crippen molar-refractivity contribution in [3.63, 3.8) is 0 Å². The van der Waals surface area contributed by atoms with Crippen LogP contribution in [-0.2, 0) is 17.8 Å². The molecule has 1 N–H and O–H groups in total. The second kappa shape index (κ2) is 7.86. The molecule has 0 spiro atoms. The molecule has 28 heavy (non-hydrogen) atoms. The molecule has 6 nitrogen and oxygen atoms in total. The summed E-state index contributed by atoms with van der Waals surface area (Å²) < 4.78 is 3.40. The van der Waals surface area contributed by atoms with Crippen LogP contribution in [0, 0.1) is 0 Å². The first-order chi connectivity index (χ1) is 13.6. The van der Waals surface area contributed by atoms with Gasteiger partial charge in [-0.25, -0.2) is 4.98 Å². The molecule has 0 radical (unpaired) electrons. The Labute approximate surface area is 166 Å². The molecule has 4 rings (SSSR count). The Bertz CT molecular complexity index is 1190. The molecule has 0 saturated carbocycles. The van der Waals surface area contributed by atoms with E-state index < -0.39 is 0 Å². The average Bonchev–Trinajstić information content (AvgIpc) is 3.20. The highest BCUT2D eigenvalue weighted by atomic mass is 35.5. The van der Waals surface area contributed by atoms with Crippen molar-refractivity contribution in [3.05, 3.63) is 81.9 Å². The summed E-state index contributed by atoms with van der Waals surface area (Å²) in [6.45, 7) is 0.812. The number of halogens is 1. The largest absolute Gasteiger partial charge is 0.356 e. The highest BCUT2D eigenvalue weighted by molar-refractivity contribution is 6.30. The molecule has 0 bridgehead atoms. The number of hydrogen-bond donors (Lipinski definition) is 1. The van der Waals surface area contributed by atoms with Crippen LogP contribution in [0.5, 0.6) is 0 Å². The number of aromatic nitrogens is 3. The van der Waals surface area contributed by atoms with E-state index in [4.69, 9.17) is 11.6 Å². The van der Waals surface area contributed by atoms with E-state index >= 15 is 0 Å². The summed E-state index contributed by atoms with van der Waals surface area (Å²) in [5.74, 6) is -0.0970. The first kappa shape index (κ1) is 18.3. The topological polar surface area (TPSA) is 68.4 Å². The number of hydrogen-bond acceptors (Lipinski definition) is 3. The van der Waals surface area contributed by atoms with E-state index in [-0.39, 0.29) is 24.4 Å². The molecule has 0 atom stereocenters. The Morgan fingerprint density at radius 3 is 2.68 bits per heavy atom. The average molecular weight is 395 g/mol. The van der Waals surface area contributed by atoms with Crippen LogP contribution in [0.1, 0.15) is 12.0 Å². The monoisotopic (exact) mass is 394 g/mol. The molecule has 0 saturated heterocycles. The number of carbonyl (C=O) groups is 1. The van der Waals surface area contributed by atoms with Crippen molar-refractivity contribution in [2.24, 2.45) is 0 Å². The molecule has 0 unspecified atom stereocenters. The summed E-state index contributed by atoms with van der Waals surface area (Å²) in [6.07, 6.45) is 4.43. The minimum absolute atomic E-state index is 0.0970. The first-order valence-electron chi connectivity index (χ1n) is 9.09. The molecule has 1 aromatic carbocycles. The summed E-state index contributed by atoms with van der Waals surface area (Å²) in [5, 5.41) is 3.60. The van der Waals surface area contributed by atoms with E-state index in [1.54, 1.807) is 16.8 Å². The fourth-order valence-corrected chi connectivity index (χ4v) is 3.42. The van der Waals surface area contributed by atoms with Gasteiger partial charge in [0, 0.05) is 36.9 Å². The second-order valence-corrected chi connectivity index (χ2v) is 6.98. The number of nitrogens with zero attached hydrogens (tertiary/aromatic N) is 3. The lowest BCUT2D eigenvalue weighted by atomic mass is 10.1. The van der Waals surface area contributed by atoms with Crippen molar-refractivity contribution in [2.75, 3.05) is 6.54 Å². The van der Waals surface area contributed by atoms with E-state index in [9.17, 15) is 9.59 Å². The van der Waals surface area contributed by atoms with Crippen LogP contribution in [0.4, 0.5) is 0 Å². The predicted molar refractivity (Wildman–Crippen MR) is 110 cm³/mol. The lowest BCUT2D eigenvalue weighted by Crippen LogP contribution is -2.29. The number of nitrogens with one attached hydrogen (secondary N) is 1. The molecule has 142 valence electrons. The van der Waals surface area contributed by atoms with Gasteiger partial charge in [0.05, 0.1) is 5.52 Å². The summed E-state index contributed by atoms with van der Waals surface area (Å²) in [5.41, 5.74) is 2.94. The van der Waals surface area contributed by atoms with Gasteiger partial charge in [0.15, 0.2) is 5.65 Å². The van der Waals surface area contributed by atoms with Crippen molar-refractivity contribution in [1.29, 1.82) is 0 Å². The van der Waals surface area contributed by atoms with Crippen LogP contribution >= 0.6 is 11.6 Å². The maximum Gasteiger partial charge on any atom is 0.276 e. The van der Waals surface area contributed by atoms with E-state index in [1.165, 1.54) is 0 Å². The van der Waals surface area contributed by atoms with E-state index in [2.05, 4.69) is 10.3 Å². The van der Waals surface area contributed by atoms with Crippen LogP contribution in [0.3, 0.4) is 0 Å². The Kier molecular flexibility index (Phi) is 5.12. The molecular formula is C21H19ClN4O2. The number of amides is 1. The maximum absolute atomic E-state index is 12.8. The Balaban J connectivity index is 1.44. The Hall–Kier alpha value is -3.12. The Morgan fingerprint density at radius 2 is 1.86 bits per heavy atom. The zero-order valence-corrected chi connectivity index (χ0v) is 15.9. The van der Waals surface area contributed by atoms with Gasteiger partial charge in [-0.15, -0.1) is 0 Å². The minimum atomic E-state index is -0.148. The quantitative estimate of drug-likeness (QED) is 0.546. The fraction of sp³-hybridized carbons (Fsp3) is 0.190. The number of benzene rings is 1. The molecule has 1 amide bonds. The van der Waals surface area contributed by atoms with Gasteiger partial charge in [-0.1, -0.05) is 23.7 Å². The van der Waals surface area contributed by atoms with Gasteiger partial charge < -0.3 is 9.72 Å². The third kappa shape index (κ3) is 3.64. The molecule has 0 aliphatic heterocycles. The SMILES string of the molecule is O=C(CCn1c(=O)c2cccn2c2cccnc21)NCCc1ccc(Cl)cc1. The van der Waals surface area contributed by atoms with Gasteiger partial charge in [0.2, 0.25) is 5.91 Å². The van der Waals surface area contributed by atoms with Gasteiger partial charge in [-0.2, -0.15) is 0 Å². The van der Waals surface area contributed by atoms with Crippen LogP contribution < -0.4 is 10.9 Å². The first-order valence-corrected chi connectivity index (χ1v) is 9.47. The number of aryl methyl sites for hydroxylation is 1. The van der Waals surface area contributed by atoms with E-state index in [0.717, 1.165) is 17.5 Å². The molecule has 4 aromatic rings. The highest BCUT2D eigenvalue weighted by Gasteiger charge is 2.12. The van der Waals surface area contributed by atoms with Gasteiger partial charge in [-0.3, -0.25) is 14.2 Å². The molecule has 0 aliphatic rings. The molecule has 0 fully saturated rings. The summed E-state index contributed by atoms with van der Waals surface area (Å²) in [7, 11) is 0. The third-order valence-corrected chi connectivity index (χ3v) is 4.96. The van der Waals surface area contributed by atoms with E-state index in [1.807, 2.05) is 53.1 Å². The van der Waals surface area contributed by atoms with Crippen molar-refractivity contribution >= 4 is 34.2 Å². The van der Waals surface area contributed by atoms with Crippen molar-refractivity contribution in [3.8, 4) is 0 Å². The van der Waals surface area contributed by atoms with Crippen LogP contribution in [0.2, 0.25) is 5.02 Å². The van der Waals surface area contributed by atoms with Crippen molar-refractivity contribution in [2.45, 2.75) is 19.4 Å². The third-order valence-electron chi connectivity index (χ3n) is 4.71. The standard InChI is InChI=1S/C21H19ClN4O2/c22-16-7-5-15(6-8-16)9-12-23-19(27)10-14-26-20-17(3-1-11-24-20)25-13-2-4-18(25)21(26)28/h1-8,11,13H,9-10,12,14H2,(H,23,27). The lowest BCUT2D eigenvalue weighted by molar-refractivity contribution is -0.121. The molecule has 7 heteroatoms. The zero-order chi connectivity index (χ0) is 19.5. The van der Waals surface area contributed by atoms with Crippen molar-refractivity contribution in [1.82, 2.24) is 19.3 Å². The van der Waals surface area contributed by atoms with Gasteiger partial charge in [0.25, 0.3) is 5.56 Å². The molecule has 3 heterocycles. The van der Waals surface area contributed by atoms with Crippen LogP contribution in [0.15, 0.2) is 65.7 Å². The molecule has 3 aromatic heterocycles. The van der Waals surface area contributed by atoms with Gasteiger partial charge >= 0.3 is 0 Å². The number of fused-ring (bicyclic) bond motifs is 3. The van der Waals surface area contributed by atoms with Gasteiger partial charge in [0.1, 0.15) is 5.52 Å². The number of pyridine rings is 1. The number of rotatable bonds is 6. The predicted octanol–water partition coefficient (Wildman–Crippen LogP) is 3.05. The highest BCUT2D eigenvalue weighted by Crippen LogP contribution is 2.13. The van der Waals surface area contributed by atoms with E-state index in [0.29, 0.717) is 22.7 Å². The summed E-state index contributed by atoms with van der Waals surface area (Å²) in [6, 6.07) is 14.9. The fourth-order valence-electron chi connectivity index (χ4n) is 3.29. The zero-order valence-electron chi connectivity index (χ0n) is 15.1. The minimum Gasteiger partial charge on any atom is -0.356 e. The maximum atomic E-state index is 12.8. The second-order valence-electron chi connectivity index (χ2n) is 6.54.